The van der Waals surface area contributed by atoms with Gasteiger partial charge in [-0.25, -0.2) is 0 Å². The van der Waals surface area contributed by atoms with Crippen LogP contribution in [0.15, 0.2) is 0 Å². The predicted octanol–water partition coefficient (Wildman–Crippen LogP) is 1.18. The molecule has 1 heterocycles. The van der Waals surface area contributed by atoms with Gasteiger partial charge in [0.2, 0.25) is 0 Å². The normalized spacial score (nSPS) is 57.0. The summed E-state index contributed by atoms with van der Waals surface area (Å²) in [6, 6.07) is 0. The number of hydrogen-bond donors (Lipinski definition) is 0. The Labute approximate surface area is 43.7 Å². The van der Waals surface area contributed by atoms with Crippen molar-refractivity contribution in [2.75, 3.05) is 0 Å². The topological polar surface area (TPSA) is 12.5 Å². The van der Waals surface area contributed by atoms with Gasteiger partial charge in [0.1, 0.15) is 0 Å². The van der Waals surface area contributed by atoms with Crippen LogP contribution in [0.4, 0.5) is 0 Å². The molecule has 0 spiro atoms. The molecule has 1 aliphatic carbocycles. The Morgan fingerprint density at radius 3 is 2.43 bits per heavy atom. The maximum atomic E-state index is 5.27. The zero-order chi connectivity index (χ0) is 4.85. The molecular formula is C6H10O. The van der Waals surface area contributed by atoms with Gasteiger partial charge in [0.15, 0.2) is 0 Å². The molecular weight excluding hydrogens is 88.1 g/mol. The van der Waals surface area contributed by atoms with E-state index >= 15 is 0 Å². The summed E-state index contributed by atoms with van der Waals surface area (Å²) in [6.45, 7) is 2.28. The third-order valence-electron chi connectivity index (χ3n) is 2.09. The Morgan fingerprint density at radius 1 is 1.43 bits per heavy atom. The molecule has 0 aromatic rings. The molecule has 7 heavy (non-hydrogen) atoms. The van der Waals surface area contributed by atoms with Gasteiger partial charge in [-0.2, -0.15) is 0 Å². The molecule has 0 bridgehead atoms. The van der Waals surface area contributed by atoms with Crippen molar-refractivity contribution in [2.24, 2.45) is 5.92 Å². The molecule has 40 valence electrons. The SMILES string of the molecule is C[C@H]1CC[C@@H]2OC21. The first-order valence-electron chi connectivity index (χ1n) is 3.03. The molecule has 2 fully saturated rings. The monoisotopic (exact) mass is 98.1 g/mol. The van der Waals surface area contributed by atoms with Crippen LogP contribution in [0.25, 0.3) is 0 Å². The van der Waals surface area contributed by atoms with E-state index < -0.39 is 0 Å². The fraction of sp³-hybridized carbons (Fsp3) is 1.00. The van der Waals surface area contributed by atoms with Crippen LogP contribution in [0.2, 0.25) is 0 Å². The summed E-state index contributed by atoms with van der Waals surface area (Å²) in [7, 11) is 0. The van der Waals surface area contributed by atoms with Crippen molar-refractivity contribution in [1.82, 2.24) is 0 Å². The smallest absolute Gasteiger partial charge is 0.0867 e. The van der Waals surface area contributed by atoms with Gasteiger partial charge in [-0.05, 0) is 18.8 Å². The molecule has 0 N–H and O–H groups in total. The van der Waals surface area contributed by atoms with Gasteiger partial charge in [-0.15, -0.1) is 0 Å². The second kappa shape index (κ2) is 1.03. The van der Waals surface area contributed by atoms with E-state index in [1.807, 2.05) is 0 Å². The molecule has 2 rings (SSSR count). The zero-order valence-electron chi connectivity index (χ0n) is 4.55. The van der Waals surface area contributed by atoms with Crippen LogP contribution in [-0.4, -0.2) is 12.2 Å². The minimum atomic E-state index is 0.681. The Bertz CT molecular complexity index is 90.2. The highest BCUT2D eigenvalue weighted by Gasteiger charge is 2.47. The summed E-state index contributed by atoms with van der Waals surface area (Å²) >= 11 is 0. The maximum Gasteiger partial charge on any atom is 0.0867 e. The van der Waals surface area contributed by atoms with Gasteiger partial charge in [-0.1, -0.05) is 6.92 Å². The van der Waals surface area contributed by atoms with Crippen LogP contribution in [0.1, 0.15) is 19.8 Å². The maximum absolute atomic E-state index is 5.27. The molecule has 0 aromatic carbocycles. The van der Waals surface area contributed by atoms with Crippen molar-refractivity contribution < 1.29 is 4.74 Å². The van der Waals surface area contributed by atoms with E-state index in [4.69, 9.17) is 4.74 Å². The largest absolute Gasteiger partial charge is 0.369 e. The number of fused-ring (bicyclic) bond motifs is 1. The molecule has 1 saturated heterocycles. The first-order valence-corrected chi connectivity index (χ1v) is 3.03. The molecule has 1 heteroatoms. The molecule has 1 unspecified atom stereocenters. The fourth-order valence-corrected chi connectivity index (χ4v) is 1.48. The summed E-state index contributed by atoms with van der Waals surface area (Å²) in [5.74, 6) is 0.866. The van der Waals surface area contributed by atoms with Crippen LogP contribution in [0, 0.1) is 5.92 Å². The quantitative estimate of drug-likeness (QED) is 0.414. The third kappa shape index (κ3) is 0.418. The lowest BCUT2D eigenvalue weighted by molar-refractivity contribution is 0.276. The van der Waals surface area contributed by atoms with Gasteiger partial charge >= 0.3 is 0 Å². The number of hydrogen-bond acceptors (Lipinski definition) is 1. The van der Waals surface area contributed by atoms with Gasteiger partial charge < -0.3 is 4.74 Å². The molecule has 0 radical (unpaired) electrons. The molecule has 3 atom stereocenters. The average Bonchev–Trinajstić information content (AvgIpc) is 2.33. The lowest BCUT2D eigenvalue weighted by Gasteiger charge is -1.97. The van der Waals surface area contributed by atoms with Crippen LogP contribution in [0.5, 0.6) is 0 Å². The highest BCUT2D eigenvalue weighted by molar-refractivity contribution is 4.95. The standard InChI is InChI=1S/C6H10O/c1-4-2-3-5-6(4)7-5/h4-6H,2-3H2,1H3/t4-,5-,6?/m0/s1. The molecule has 0 aromatic heterocycles. The first kappa shape index (κ1) is 3.90. The third-order valence-corrected chi connectivity index (χ3v) is 2.09. The lowest BCUT2D eigenvalue weighted by atomic mass is 10.1. The van der Waals surface area contributed by atoms with E-state index in [9.17, 15) is 0 Å². The van der Waals surface area contributed by atoms with Crippen molar-refractivity contribution in [3.05, 3.63) is 0 Å². The second-order valence-corrected chi connectivity index (χ2v) is 2.69. The van der Waals surface area contributed by atoms with Crippen molar-refractivity contribution in [1.29, 1.82) is 0 Å². The summed E-state index contributed by atoms with van der Waals surface area (Å²) < 4.78 is 5.27. The van der Waals surface area contributed by atoms with E-state index in [1.54, 1.807) is 0 Å². The average molecular weight is 98.1 g/mol. The Morgan fingerprint density at radius 2 is 2.29 bits per heavy atom. The van der Waals surface area contributed by atoms with Gasteiger partial charge in [0.05, 0.1) is 12.2 Å². The Balaban J connectivity index is 2.08. The molecule has 2 aliphatic rings. The summed E-state index contributed by atoms with van der Waals surface area (Å²) in [5.41, 5.74) is 0. The van der Waals surface area contributed by atoms with Crippen LogP contribution in [-0.2, 0) is 4.74 Å². The fourth-order valence-electron chi connectivity index (χ4n) is 1.48. The van der Waals surface area contributed by atoms with Gasteiger partial charge in [-0.3, -0.25) is 0 Å². The van der Waals surface area contributed by atoms with Gasteiger partial charge in [0, 0.05) is 0 Å². The summed E-state index contributed by atoms with van der Waals surface area (Å²) in [5, 5.41) is 0. The molecule has 1 saturated carbocycles. The second-order valence-electron chi connectivity index (χ2n) is 2.69. The Hall–Kier alpha value is -0.0400. The minimum Gasteiger partial charge on any atom is -0.369 e. The predicted molar refractivity (Wildman–Crippen MR) is 27.1 cm³/mol. The molecule has 1 nitrogen and oxygen atoms in total. The number of epoxide rings is 1. The highest BCUT2D eigenvalue weighted by atomic mass is 16.6. The first-order chi connectivity index (χ1) is 3.38. The van der Waals surface area contributed by atoms with Crippen molar-refractivity contribution in [2.45, 2.75) is 32.0 Å². The van der Waals surface area contributed by atoms with Crippen LogP contribution < -0.4 is 0 Å². The van der Waals surface area contributed by atoms with E-state index in [0.29, 0.717) is 12.2 Å². The van der Waals surface area contributed by atoms with E-state index in [2.05, 4.69) is 6.92 Å². The molecule has 1 aliphatic heterocycles. The highest BCUT2D eigenvalue weighted by Crippen LogP contribution is 2.42. The van der Waals surface area contributed by atoms with Crippen LogP contribution in [0.3, 0.4) is 0 Å². The number of rotatable bonds is 0. The summed E-state index contributed by atoms with van der Waals surface area (Å²) in [6.07, 6.45) is 4.09. The zero-order valence-corrected chi connectivity index (χ0v) is 4.55. The Kier molecular flexibility index (Phi) is 0.571. The van der Waals surface area contributed by atoms with E-state index in [0.717, 1.165) is 5.92 Å². The molecule has 0 amide bonds. The lowest BCUT2D eigenvalue weighted by Crippen LogP contribution is -1.95. The number of ether oxygens (including phenoxy) is 1. The van der Waals surface area contributed by atoms with Crippen molar-refractivity contribution in [3.8, 4) is 0 Å². The van der Waals surface area contributed by atoms with E-state index in [-0.39, 0.29) is 0 Å². The van der Waals surface area contributed by atoms with E-state index in [1.165, 1.54) is 12.8 Å². The van der Waals surface area contributed by atoms with Crippen molar-refractivity contribution in [3.63, 3.8) is 0 Å². The van der Waals surface area contributed by atoms with Crippen molar-refractivity contribution >= 4 is 0 Å². The van der Waals surface area contributed by atoms with Crippen LogP contribution >= 0.6 is 0 Å². The van der Waals surface area contributed by atoms with Gasteiger partial charge in [0.25, 0.3) is 0 Å². The summed E-state index contributed by atoms with van der Waals surface area (Å²) in [4.78, 5) is 0. The minimum absolute atomic E-state index is 0.681.